The third-order valence-corrected chi connectivity index (χ3v) is 3.04. The maximum atomic E-state index is 6.10. The Balaban J connectivity index is 1.94. The lowest BCUT2D eigenvalue weighted by Gasteiger charge is -2.07. The number of nitrogens with zero attached hydrogens (tertiary/aromatic N) is 2. The Bertz CT molecular complexity index is 705. The molecule has 20 heavy (non-hydrogen) atoms. The molecule has 0 fully saturated rings. The molecule has 3 aromatic rings. The van der Waals surface area contributed by atoms with Crippen LogP contribution in [0.4, 0.5) is 0 Å². The quantitative estimate of drug-likeness (QED) is 0.783. The molecule has 0 atom stereocenters. The van der Waals surface area contributed by atoms with Gasteiger partial charge in [0.1, 0.15) is 11.9 Å². The van der Waals surface area contributed by atoms with Crippen molar-refractivity contribution in [2.24, 2.45) is 0 Å². The van der Waals surface area contributed by atoms with E-state index in [1.165, 1.54) is 6.20 Å². The number of benzene rings is 2. The van der Waals surface area contributed by atoms with E-state index in [1.54, 1.807) is 0 Å². The van der Waals surface area contributed by atoms with Gasteiger partial charge >= 0.3 is 0 Å². The van der Waals surface area contributed by atoms with Crippen molar-refractivity contribution < 1.29 is 4.74 Å². The van der Waals surface area contributed by atoms with Crippen molar-refractivity contribution in [3.8, 4) is 22.8 Å². The molecule has 0 aliphatic rings. The second kappa shape index (κ2) is 5.35. The molecule has 0 saturated carbocycles. The highest BCUT2D eigenvalue weighted by Crippen LogP contribution is 2.28. The zero-order chi connectivity index (χ0) is 13.9. The second-order valence-corrected chi connectivity index (χ2v) is 4.89. The van der Waals surface area contributed by atoms with Crippen LogP contribution in [0.15, 0.2) is 48.7 Å². The monoisotopic (exact) mass is 285 g/mol. The van der Waals surface area contributed by atoms with E-state index in [2.05, 4.69) is 21.5 Å². The standard InChI is InChI=1S/C15H12ClN3O/c1-10-5-12(7-13(16)6-10)11-3-2-4-14(8-11)20-15-9-17-19-18-15/h2-9H,1H3,(H,17,18,19). The number of aromatic nitrogens is 3. The molecule has 0 aliphatic carbocycles. The van der Waals surface area contributed by atoms with E-state index in [9.17, 15) is 0 Å². The summed E-state index contributed by atoms with van der Waals surface area (Å²) in [6.07, 6.45) is 1.52. The maximum absolute atomic E-state index is 6.10. The zero-order valence-corrected chi connectivity index (χ0v) is 11.6. The van der Waals surface area contributed by atoms with Crippen LogP contribution in [-0.4, -0.2) is 15.4 Å². The van der Waals surface area contributed by atoms with Crippen molar-refractivity contribution in [2.45, 2.75) is 6.92 Å². The molecule has 0 spiro atoms. The SMILES string of the molecule is Cc1cc(Cl)cc(-c2cccc(Oc3cn[nH]n3)c2)c1. The number of halogens is 1. The van der Waals surface area contributed by atoms with Gasteiger partial charge in [0.05, 0.1) is 0 Å². The molecule has 0 bridgehead atoms. The highest BCUT2D eigenvalue weighted by molar-refractivity contribution is 6.30. The molecule has 3 rings (SSSR count). The average molecular weight is 286 g/mol. The third-order valence-electron chi connectivity index (χ3n) is 2.82. The fraction of sp³-hybridized carbons (Fsp3) is 0.0667. The zero-order valence-electron chi connectivity index (χ0n) is 10.8. The Kier molecular flexibility index (Phi) is 3.39. The van der Waals surface area contributed by atoms with Crippen LogP contribution >= 0.6 is 11.6 Å². The molecule has 0 radical (unpaired) electrons. The Morgan fingerprint density at radius 1 is 1.10 bits per heavy atom. The minimum absolute atomic E-state index is 0.435. The van der Waals surface area contributed by atoms with Gasteiger partial charge < -0.3 is 4.74 Å². The summed E-state index contributed by atoms with van der Waals surface area (Å²) >= 11 is 6.10. The predicted octanol–water partition coefficient (Wildman–Crippen LogP) is 4.23. The molecule has 0 unspecified atom stereocenters. The van der Waals surface area contributed by atoms with Gasteiger partial charge in [0.2, 0.25) is 0 Å². The summed E-state index contributed by atoms with van der Waals surface area (Å²) < 4.78 is 5.60. The van der Waals surface area contributed by atoms with Gasteiger partial charge in [0.15, 0.2) is 0 Å². The van der Waals surface area contributed by atoms with Crippen molar-refractivity contribution in [2.75, 3.05) is 0 Å². The first-order valence-electron chi connectivity index (χ1n) is 6.12. The van der Waals surface area contributed by atoms with Gasteiger partial charge in [-0.25, -0.2) is 0 Å². The predicted molar refractivity (Wildman–Crippen MR) is 78.1 cm³/mol. The fourth-order valence-electron chi connectivity index (χ4n) is 2.00. The number of aryl methyl sites for hydroxylation is 1. The van der Waals surface area contributed by atoms with E-state index in [4.69, 9.17) is 16.3 Å². The van der Waals surface area contributed by atoms with Gasteiger partial charge in [-0.05, 0) is 47.9 Å². The summed E-state index contributed by atoms with van der Waals surface area (Å²) in [4.78, 5) is 0. The maximum Gasteiger partial charge on any atom is 0.258 e. The van der Waals surface area contributed by atoms with Crippen molar-refractivity contribution >= 4 is 11.6 Å². The first-order chi connectivity index (χ1) is 9.70. The summed E-state index contributed by atoms with van der Waals surface area (Å²) in [6, 6.07) is 13.7. The van der Waals surface area contributed by atoms with Crippen LogP contribution in [0.25, 0.3) is 11.1 Å². The number of aromatic amines is 1. The van der Waals surface area contributed by atoms with Gasteiger partial charge in [0, 0.05) is 5.02 Å². The molecule has 1 heterocycles. The second-order valence-electron chi connectivity index (χ2n) is 4.46. The third kappa shape index (κ3) is 2.81. The Hall–Kier alpha value is -2.33. The van der Waals surface area contributed by atoms with Gasteiger partial charge in [-0.2, -0.15) is 10.3 Å². The molecule has 0 amide bonds. The topological polar surface area (TPSA) is 50.8 Å². The van der Waals surface area contributed by atoms with Crippen molar-refractivity contribution in [1.82, 2.24) is 15.4 Å². The number of rotatable bonds is 3. The smallest absolute Gasteiger partial charge is 0.258 e. The van der Waals surface area contributed by atoms with E-state index in [1.807, 2.05) is 43.3 Å². The summed E-state index contributed by atoms with van der Waals surface area (Å²) in [6.45, 7) is 2.02. The van der Waals surface area contributed by atoms with Crippen molar-refractivity contribution in [1.29, 1.82) is 0 Å². The number of hydrogen-bond donors (Lipinski definition) is 1. The Morgan fingerprint density at radius 3 is 2.75 bits per heavy atom. The highest BCUT2D eigenvalue weighted by Gasteiger charge is 2.04. The van der Waals surface area contributed by atoms with Crippen LogP contribution in [0.1, 0.15) is 5.56 Å². The van der Waals surface area contributed by atoms with Gasteiger partial charge in [-0.15, -0.1) is 5.10 Å². The van der Waals surface area contributed by atoms with Crippen LogP contribution in [0.5, 0.6) is 11.6 Å². The fourth-order valence-corrected chi connectivity index (χ4v) is 2.29. The van der Waals surface area contributed by atoms with Gasteiger partial charge in [-0.3, -0.25) is 0 Å². The van der Waals surface area contributed by atoms with Crippen molar-refractivity contribution in [3.63, 3.8) is 0 Å². The van der Waals surface area contributed by atoms with E-state index < -0.39 is 0 Å². The lowest BCUT2D eigenvalue weighted by Crippen LogP contribution is -1.86. The Morgan fingerprint density at radius 2 is 2.00 bits per heavy atom. The van der Waals surface area contributed by atoms with E-state index in [-0.39, 0.29) is 0 Å². The summed E-state index contributed by atoms with van der Waals surface area (Å²) in [7, 11) is 0. The molecule has 0 aliphatic heterocycles. The van der Waals surface area contributed by atoms with E-state index in [0.29, 0.717) is 11.6 Å². The minimum atomic E-state index is 0.435. The number of ether oxygens (including phenoxy) is 1. The van der Waals surface area contributed by atoms with Crippen molar-refractivity contribution in [3.05, 3.63) is 59.2 Å². The molecule has 1 aromatic heterocycles. The normalized spacial score (nSPS) is 10.5. The molecule has 1 N–H and O–H groups in total. The number of H-pyrrole nitrogens is 1. The van der Waals surface area contributed by atoms with Crippen LogP contribution < -0.4 is 4.74 Å². The molecule has 100 valence electrons. The number of nitrogens with one attached hydrogen (secondary N) is 1. The summed E-state index contributed by atoms with van der Waals surface area (Å²) in [5, 5.41) is 10.8. The van der Waals surface area contributed by atoms with Crippen LogP contribution in [-0.2, 0) is 0 Å². The number of hydrogen-bond acceptors (Lipinski definition) is 3. The van der Waals surface area contributed by atoms with Crippen LogP contribution in [0.3, 0.4) is 0 Å². The lowest BCUT2D eigenvalue weighted by molar-refractivity contribution is 0.462. The molecule has 5 heteroatoms. The van der Waals surface area contributed by atoms with E-state index in [0.717, 1.165) is 21.7 Å². The highest BCUT2D eigenvalue weighted by atomic mass is 35.5. The van der Waals surface area contributed by atoms with E-state index >= 15 is 0 Å². The minimum Gasteiger partial charge on any atom is -0.436 e. The molecule has 0 saturated heterocycles. The molecule has 2 aromatic carbocycles. The largest absolute Gasteiger partial charge is 0.436 e. The Labute approximate surface area is 121 Å². The van der Waals surface area contributed by atoms with Crippen LogP contribution in [0, 0.1) is 6.92 Å². The molecule has 4 nitrogen and oxygen atoms in total. The summed E-state index contributed by atoms with van der Waals surface area (Å²) in [5.74, 6) is 1.14. The lowest BCUT2D eigenvalue weighted by atomic mass is 10.0. The van der Waals surface area contributed by atoms with Gasteiger partial charge in [0.25, 0.3) is 5.88 Å². The summed E-state index contributed by atoms with van der Waals surface area (Å²) in [5.41, 5.74) is 3.22. The average Bonchev–Trinajstić information content (AvgIpc) is 2.91. The molecular weight excluding hydrogens is 274 g/mol. The van der Waals surface area contributed by atoms with Gasteiger partial charge in [-0.1, -0.05) is 29.8 Å². The first-order valence-corrected chi connectivity index (χ1v) is 6.50. The molecular formula is C15H12ClN3O. The van der Waals surface area contributed by atoms with Crippen LogP contribution in [0.2, 0.25) is 5.02 Å². The first kappa shape index (κ1) is 12.7.